The molecule has 1 N–H and O–H groups in total. The molecule has 3 rings (SSSR count). The molecule has 114 valence electrons. The minimum Gasteiger partial charge on any atom is -0.472 e. The monoisotopic (exact) mass is 300 g/mol. The summed E-state index contributed by atoms with van der Waals surface area (Å²) in [6, 6.07) is 1.76. The molecule has 0 bridgehead atoms. The van der Waals surface area contributed by atoms with Crippen molar-refractivity contribution in [3.05, 3.63) is 53.6 Å². The summed E-state index contributed by atoms with van der Waals surface area (Å²) in [5, 5.41) is 11.0. The van der Waals surface area contributed by atoms with Crippen molar-refractivity contribution in [3.63, 3.8) is 0 Å². The first kappa shape index (κ1) is 14.1. The maximum absolute atomic E-state index is 11.9. The molecule has 3 aromatic rings. The average molecular weight is 300 g/mol. The molecule has 22 heavy (non-hydrogen) atoms. The van der Waals surface area contributed by atoms with E-state index in [0.717, 1.165) is 22.6 Å². The van der Waals surface area contributed by atoms with Gasteiger partial charge in [-0.15, -0.1) is 0 Å². The maximum Gasteiger partial charge on any atom is 0.229 e. The summed E-state index contributed by atoms with van der Waals surface area (Å²) in [6.07, 6.45) is 6.76. The largest absolute Gasteiger partial charge is 0.472 e. The van der Waals surface area contributed by atoms with E-state index in [0.29, 0.717) is 12.2 Å². The Kier molecular flexibility index (Phi) is 3.78. The van der Waals surface area contributed by atoms with E-state index in [4.69, 9.17) is 8.94 Å². The van der Waals surface area contributed by atoms with Gasteiger partial charge in [0, 0.05) is 11.8 Å². The highest BCUT2D eigenvalue weighted by atomic mass is 16.5. The number of aromatic nitrogens is 3. The van der Waals surface area contributed by atoms with Crippen LogP contribution in [0.25, 0.3) is 0 Å². The number of carbonyl (C=O) groups excluding carboxylic acids is 1. The van der Waals surface area contributed by atoms with Gasteiger partial charge < -0.3 is 14.3 Å². The molecule has 0 saturated carbocycles. The van der Waals surface area contributed by atoms with Gasteiger partial charge in [0.05, 0.1) is 43.1 Å². The standard InChI is InChI=1S/C15H16N4O3/c1-10-14(11(2)22-18-10)8-19-7-13(6-16-19)17-15(20)5-12-3-4-21-9-12/h3-4,6-7,9H,5,8H2,1-2H3,(H,17,20). The Labute approximate surface area is 126 Å². The summed E-state index contributed by atoms with van der Waals surface area (Å²) in [5.74, 6) is 0.664. The number of nitrogens with one attached hydrogen (secondary N) is 1. The summed E-state index contributed by atoms with van der Waals surface area (Å²) in [6.45, 7) is 4.31. The summed E-state index contributed by atoms with van der Waals surface area (Å²) >= 11 is 0. The first-order valence-corrected chi connectivity index (χ1v) is 6.87. The third-order valence-electron chi connectivity index (χ3n) is 3.36. The van der Waals surface area contributed by atoms with Crippen molar-refractivity contribution in [1.82, 2.24) is 14.9 Å². The molecule has 0 atom stereocenters. The van der Waals surface area contributed by atoms with Crippen LogP contribution in [0.2, 0.25) is 0 Å². The van der Waals surface area contributed by atoms with E-state index in [1.165, 1.54) is 0 Å². The van der Waals surface area contributed by atoms with Crippen molar-refractivity contribution in [1.29, 1.82) is 0 Å². The fourth-order valence-corrected chi connectivity index (χ4v) is 2.19. The number of furan rings is 1. The van der Waals surface area contributed by atoms with E-state index < -0.39 is 0 Å². The highest BCUT2D eigenvalue weighted by Gasteiger charge is 2.11. The van der Waals surface area contributed by atoms with Crippen LogP contribution in [0.15, 0.2) is 39.9 Å². The molecule has 0 aliphatic heterocycles. The predicted molar refractivity (Wildman–Crippen MR) is 78.3 cm³/mol. The van der Waals surface area contributed by atoms with Crippen molar-refractivity contribution in [2.75, 3.05) is 5.32 Å². The molecule has 0 spiro atoms. The lowest BCUT2D eigenvalue weighted by Crippen LogP contribution is -2.13. The highest BCUT2D eigenvalue weighted by molar-refractivity contribution is 5.91. The van der Waals surface area contributed by atoms with Crippen LogP contribution in [-0.4, -0.2) is 20.8 Å². The Bertz CT molecular complexity index is 751. The smallest absolute Gasteiger partial charge is 0.229 e. The first-order valence-electron chi connectivity index (χ1n) is 6.87. The number of anilines is 1. The van der Waals surface area contributed by atoms with Crippen molar-refractivity contribution < 1.29 is 13.7 Å². The van der Waals surface area contributed by atoms with E-state index in [-0.39, 0.29) is 12.3 Å². The summed E-state index contributed by atoms with van der Waals surface area (Å²) in [4.78, 5) is 11.9. The first-order chi connectivity index (χ1) is 10.6. The van der Waals surface area contributed by atoms with Gasteiger partial charge in [0.2, 0.25) is 5.91 Å². The second-order valence-electron chi connectivity index (χ2n) is 5.09. The number of hydrogen-bond acceptors (Lipinski definition) is 5. The number of nitrogens with zero attached hydrogens (tertiary/aromatic N) is 3. The fraction of sp³-hybridized carbons (Fsp3) is 0.267. The van der Waals surface area contributed by atoms with Crippen LogP contribution >= 0.6 is 0 Å². The Hall–Kier alpha value is -2.83. The average Bonchev–Trinajstić information content (AvgIpc) is 3.19. The molecular formula is C15H16N4O3. The van der Waals surface area contributed by atoms with Gasteiger partial charge in [-0.1, -0.05) is 5.16 Å². The fourth-order valence-electron chi connectivity index (χ4n) is 2.19. The molecule has 3 aromatic heterocycles. The van der Waals surface area contributed by atoms with Crippen LogP contribution in [0.4, 0.5) is 5.69 Å². The third-order valence-corrected chi connectivity index (χ3v) is 3.36. The van der Waals surface area contributed by atoms with Gasteiger partial charge in [0.1, 0.15) is 5.76 Å². The van der Waals surface area contributed by atoms with Crippen molar-refractivity contribution in [2.45, 2.75) is 26.8 Å². The topological polar surface area (TPSA) is 86.1 Å². The molecule has 0 saturated heterocycles. The van der Waals surface area contributed by atoms with E-state index in [1.54, 1.807) is 35.7 Å². The molecule has 0 fully saturated rings. The van der Waals surface area contributed by atoms with Crippen molar-refractivity contribution >= 4 is 11.6 Å². The molecule has 1 amide bonds. The van der Waals surface area contributed by atoms with E-state index in [2.05, 4.69) is 15.6 Å². The Balaban J connectivity index is 1.63. The Morgan fingerprint density at radius 1 is 1.41 bits per heavy atom. The third kappa shape index (κ3) is 3.08. The molecule has 7 heteroatoms. The van der Waals surface area contributed by atoms with Gasteiger partial charge >= 0.3 is 0 Å². The zero-order valence-electron chi connectivity index (χ0n) is 12.4. The van der Waals surface area contributed by atoms with Gasteiger partial charge in [0.25, 0.3) is 0 Å². The quantitative estimate of drug-likeness (QED) is 0.781. The second kappa shape index (κ2) is 5.88. The second-order valence-corrected chi connectivity index (χ2v) is 5.09. The van der Waals surface area contributed by atoms with Gasteiger partial charge in [0.15, 0.2) is 0 Å². The highest BCUT2D eigenvalue weighted by Crippen LogP contribution is 2.15. The number of rotatable bonds is 5. The van der Waals surface area contributed by atoms with Crippen LogP contribution in [0, 0.1) is 13.8 Å². The summed E-state index contributed by atoms with van der Waals surface area (Å²) in [7, 11) is 0. The van der Waals surface area contributed by atoms with Crippen LogP contribution in [0.5, 0.6) is 0 Å². The summed E-state index contributed by atoms with van der Waals surface area (Å²) in [5.41, 5.74) is 3.33. The predicted octanol–water partition coefficient (Wildman–Crippen LogP) is 2.31. The van der Waals surface area contributed by atoms with E-state index in [1.807, 2.05) is 13.8 Å². The SMILES string of the molecule is Cc1noc(C)c1Cn1cc(NC(=O)Cc2ccoc2)cn1. The normalized spacial score (nSPS) is 10.8. The van der Waals surface area contributed by atoms with E-state index >= 15 is 0 Å². The maximum atomic E-state index is 11.9. The van der Waals surface area contributed by atoms with Crippen LogP contribution in [0.3, 0.4) is 0 Å². The van der Waals surface area contributed by atoms with Crippen molar-refractivity contribution in [3.8, 4) is 0 Å². The number of hydrogen-bond donors (Lipinski definition) is 1. The molecular weight excluding hydrogens is 284 g/mol. The van der Waals surface area contributed by atoms with Crippen LogP contribution in [-0.2, 0) is 17.8 Å². The van der Waals surface area contributed by atoms with E-state index in [9.17, 15) is 4.79 Å². The Morgan fingerprint density at radius 3 is 2.95 bits per heavy atom. The van der Waals surface area contributed by atoms with Gasteiger partial charge in [-0.2, -0.15) is 5.10 Å². The zero-order valence-corrected chi connectivity index (χ0v) is 12.4. The lowest BCUT2D eigenvalue weighted by Gasteiger charge is -2.01. The van der Waals surface area contributed by atoms with Crippen molar-refractivity contribution in [2.24, 2.45) is 0 Å². The lowest BCUT2D eigenvalue weighted by molar-refractivity contribution is -0.115. The lowest BCUT2D eigenvalue weighted by atomic mass is 10.2. The molecule has 0 unspecified atom stereocenters. The minimum atomic E-state index is -0.113. The Morgan fingerprint density at radius 2 is 2.27 bits per heavy atom. The molecule has 0 radical (unpaired) electrons. The minimum absolute atomic E-state index is 0.113. The van der Waals surface area contributed by atoms with Gasteiger partial charge in [-0.25, -0.2) is 0 Å². The number of aryl methyl sites for hydroxylation is 2. The van der Waals surface area contributed by atoms with Gasteiger partial charge in [-0.3, -0.25) is 9.48 Å². The van der Waals surface area contributed by atoms with Gasteiger partial charge in [-0.05, 0) is 25.5 Å². The molecule has 0 aliphatic rings. The molecule has 0 aromatic carbocycles. The summed E-state index contributed by atoms with van der Waals surface area (Å²) < 4.78 is 11.8. The number of carbonyl (C=O) groups is 1. The molecule has 7 nitrogen and oxygen atoms in total. The van der Waals surface area contributed by atoms with Crippen LogP contribution < -0.4 is 5.32 Å². The van der Waals surface area contributed by atoms with Crippen LogP contribution in [0.1, 0.15) is 22.6 Å². The molecule has 0 aliphatic carbocycles. The zero-order chi connectivity index (χ0) is 15.5. The number of amides is 1. The molecule has 3 heterocycles.